The molecule has 120 valence electrons. The minimum atomic E-state index is -3.68. The zero-order valence-electron chi connectivity index (χ0n) is 12.7. The van der Waals surface area contributed by atoms with Crippen LogP contribution in [-0.4, -0.2) is 27.2 Å². The predicted octanol–water partition coefficient (Wildman–Crippen LogP) is 2.39. The van der Waals surface area contributed by atoms with Crippen LogP contribution in [0.4, 0.5) is 0 Å². The van der Waals surface area contributed by atoms with Crippen LogP contribution in [0.25, 0.3) is 0 Å². The average Bonchev–Trinajstić information content (AvgIpc) is 2.90. The Morgan fingerprint density at radius 3 is 2.55 bits per heavy atom. The summed E-state index contributed by atoms with van der Waals surface area (Å²) in [6, 6.07) is 6.65. The third-order valence-electron chi connectivity index (χ3n) is 3.34. The number of nitrogens with one attached hydrogen (secondary N) is 1. The number of benzene rings is 1. The van der Waals surface area contributed by atoms with E-state index >= 15 is 0 Å². The predicted molar refractivity (Wildman–Crippen MR) is 86.9 cm³/mol. The van der Waals surface area contributed by atoms with Gasteiger partial charge in [-0.05, 0) is 54.6 Å². The van der Waals surface area contributed by atoms with Crippen LogP contribution in [0.15, 0.2) is 34.5 Å². The van der Waals surface area contributed by atoms with Crippen LogP contribution in [0.5, 0.6) is 5.75 Å². The second kappa shape index (κ2) is 6.78. The van der Waals surface area contributed by atoms with E-state index in [0.717, 1.165) is 10.4 Å². The first-order valence-electron chi connectivity index (χ1n) is 6.71. The standard InChI is InChI=1S/C15H19NO4S2/c1-10-6-7-21-15(10)13(17)9-16-22(18,19)14-5-4-12(20-3)8-11(14)2/h4-8,13,16-17H,9H2,1-3H3. The summed E-state index contributed by atoms with van der Waals surface area (Å²) in [5, 5.41) is 12.0. The van der Waals surface area contributed by atoms with Gasteiger partial charge in [-0.3, -0.25) is 0 Å². The fourth-order valence-electron chi connectivity index (χ4n) is 2.14. The van der Waals surface area contributed by atoms with Gasteiger partial charge in [0.15, 0.2) is 0 Å². The molecule has 0 spiro atoms. The van der Waals surface area contributed by atoms with Crippen molar-refractivity contribution < 1.29 is 18.3 Å². The Labute approximate surface area is 134 Å². The van der Waals surface area contributed by atoms with Crippen LogP contribution in [0.1, 0.15) is 22.1 Å². The molecule has 5 nitrogen and oxygen atoms in total. The van der Waals surface area contributed by atoms with Crippen molar-refractivity contribution in [1.29, 1.82) is 0 Å². The minimum Gasteiger partial charge on any atom is -0.497 e. The maximum atomic E-state index is 12.4. The van der Waals surface area contributed by atoms with Gasteiger partial charge in [-0.15, -0.1) is 11.3 Å². The van der Waals surface area contributed by atoms with E-state index in [-0.39, 0.29) is 11.4 Å². The molecule has 2 aromatic rings. The van der Waals surface area contributed by atoms with E-state index in [0.29, 0.717) is 11.3 Å². The van der Waals surface area contributed by atoms with Gasteiger partial charge in [0.1, 0.15) is 11.9 Å². The van der Waals surface area contributed by atoms with E-state index in [1.165, 1.54) is 24.5 Å². The zero-order chi connectivity index (χ0) is 16.3. The second-order valence-corrected chi connectivity index (χ2v) is 7.65. The number of aliphatic hydroxyl groups excluding tert-OH is 1. The third-order valence-corrected chi connectivity index (χ3v) is 6.05. The normalized spacial score (nSPS) is 13.1. The topological polar surface area (TPSA) is 75.6 Å². The Morgan fingerprint density at radius 2 is 2.00 bits per heavy atom. The SMILES string of the molecule is COc1ccc(S(=O)(=O)NCC(O)c2sccc2C)c(C)c1. The first kappa shape index (κ1) is 17.0. The van der Waals surface area contributed by atoms with Crippen molar-refractivity contribution >= 4 is 21.4 Å². The van der Waals surface area contributed by atoms with E-state index in [1.54, 1.807) is 19.1 Å². The van der Waals surface area contributed by atoms with Gasteiger partial charge in [0.05, 0.1) is 12.0 Å². The monoisotopic (exact) mass is 341 g/mol. The Morgan fingerprint density at radius 1 is 1.27 bits per heavy atom. The quantitative estimate of drug-likeness (QED) is 0.846. The molecule has 0 radical (unpaired) electrons. The van der Waals surface area contributed by atoms with Crippen molar-refractivity contribution in [3.05, 3.63) is 45.6 Å². The van der Waals surface area contributed by atoms with Crippen LogP contribution < -0.4 is 9.46 Å². The lowest BCUT2D eigenvalue weighted by atomic mass is 10.2. The molecule has 0 aliphatic carbocycles. The highest BCUT2D eigenvalue weighted by Gasteiger charge is 2.20. The van der Waals surface area contributed by atoms with Crippen LogP contribution >= 0.6 is 11.3 Å². The molecule has 22 heavy (non-hydrogen) atoms. The molecule has 2 N–H and O–H groups in total. The molecule has 0 saturated heterocycles. The van der Waals surface area contributed by atoms with E-state index in [2.05, 4.69) is 4.72 Å². The fourth-order valence-corrected chi connectivity index (χ4v) is 4.31. The van der Waals surface area contributed by atoms with E-state index < -0.39 is 16.1 Å². The van der Waals surface area contributed by atoms with Gasteiger partial charge in [0, 0.05) is 11.4 Å². The average molecular weight is 341 g/mol. The first-order chi connectivity index (χ1) is 10.3. The highest BCUT2D eigenvalue weighted by atomic mass is 32.2. The molecule has 2 rings (SSSR count). The molecule has 0 aliphatic rings. The number of sulfonamides is 1. The van der Waals surface area contributed by atoms with Crippen molar-refractivity contribution in [3.8, 4) is 5.75 Å². The summed E-state index contributed by atoms with van der Waals surface area (Å²) < 4.78 is 32.2. The summed E-state index contributed by atoms with van der Waals surface area (Å²) in [5.74, 6) is 0.602. The Kier molecular flexibility index (Phi) is 5.23. The molecule has 0 amide bonds. The summed E-state index contributed by atoms with van der Waals surface area (Å²) in [6.45, 7) is 3.53. The summed E-state index contributed by atoms with van der Waals surface area (Å²) >= 11 is 1.41. The lowest BCUT2D eigenvalue weighted by Crippen LogP contribution is -2.29. The smallest absolute Gasteiger partial charge is 0.240 e. The van der Waals surface area contributed by atoms with Crippen molar-refractivity contribution in [2.75, 3.05) is 13.7 Å². The van der Waals surface area contributed by atoms with Crippen LogP contribution in [0, 0.1) is 13.8 Å². The highest BCUT2D eigenvalue weighted by molar-refractivity contribution is 7.89. The molecule has 1 atom stereocenters. The number of hydrogen-bond donors (Lipinski definition) is 2. The molecule has 7 heteroatoms. The lowest BCUT2D eigenvalue weighted by Gasteiger charge is -2.14. The van der Waals surface area contributed by atoms with Gasteiger partial charge in [-0.2, -0.15) is 0 Å². The molecule has 0 fully saturated rings. The number of rotatable bonds is 6. The maximum Gasteiger partial charge on any atom is 0.240 e. The molecule has 1 unspecified atom stereocenters. The van der Waals surface area contributed by atoms with Crippen molar-refractivity contribution in [2.45, 2.75) is 24.8 Å². The van der Waals surface area contributed by atoms with Crippen LogP contribution in [-0.2, 0) is 10.0 Å². The second-order valence-electron chi connectivity index (χ2n) is 4.97. The number of methoxy groups -OCH3 is 1. The van der Waals surface area contributed by atoms with Gasteiger partial charge < -0.3 is 9.84 Å². The fraction of sp³-hybridized carbons (Fsp3) is 0.333. The Bertz CT molecular complexity index is 753. The molecular formula is C15H19NO4S2. The molecule has 0 aliphatic heterocycles. The van der Waals surface area contributed by atoms with Crippen LogP contribution in [0.3, 0.4) is 0 Å². The molecule has 0 bridgehead atoms. The third kappa shape index (κ3) is 3.67. The molecule has 1 aromatic carbocycles. The van der Waals surface area contributed by atoms with Crippen molar-refractivity contribution in [1.82, 2.24) is 4.72 Å². The van der Waals surface area contributed by atoms with E-state index in [4.69, 9.17) is 4.74 Å². The van der Waals surface area contributed by atoms with Gasteiger partial charge in [-0.1, -0.05) is 0 Å². The Hall–Kier alpha value is -1.41. The molecule has 1 aromatic heterocycles. The number of aliphatic hydroxyl groups is 1. The van der Waals surface area contributed by atoms with E-state index in [9.17, 15) is 13.5 Å². The number of hydrogen-bond acceptors (Lipinski definition) is 5. The minimum absolute atomic E-state index is 0.0604. The first-order valence-corrected chi connectivity index (χ1v) is 9.08. The number of ether oxygens (including phenoxy) is 1. The van der Waals surface area contributed by atoms with E-state index in [1.807, 2.05) is 18.4 Å². The van der Waals surface area contributed by atoms with Gasteiger partial charge in [0.2, 0.25) is 10.0 Å². The number of thiophene rings is 1. The summed E-state index contributed by atoms with van der Waals surface area (Å²) in [5.41, 5.74) is 1.55. The van der Waals surface area contributed by atoms with Crippen LogP contribution in [0.2, 0.25) is 0 Å². The largest absolute Gasteiger partial charge is 0.497 e. The summed E-state index contributed by atoms with van der Waals surface area (Å²) in [7, 11) is -2.15. The summed E-state index contributed by atoms with van der Waals surface area (Å²) in [4.78, 5) is 0.956. The summed E-state index contributed by atoms with van der Waals surface area (Å²) in [6.07, 6.45) is -0.853. The molecule has 1 heterocycles. The van der Waals surface area contributed by atoms with Gasteiger partial charge in [-0.25, -0.2) is 13.1 Å². The van der Waals surface area contributed by atoms with Crippen molar-refractivity contribution in [3.63, 3.8) is 0 Å². The lowest BCUT2D eigenvalue weighted by molar-refractivity contribution is 0.185. The number of aryl methyl sites for hydroxylation is 2. The zero-order valence-corrected chi connectivity index (χ0v) is 14.3. The van der Waals surface area contributed by atoms with Gasteiger partial charge in [0.25, 0.3) is 0 Å². The van der Waals surface area contributed by atoms with Gasteiger partial charge >= 0.3 is 0 Å². The molecule has 0 saturated carbocycles. The maximum absolute atomic E-state index is 12.4. The molecular weight excluding hydrogens is 322 g/mol. The highest BCUT2D eigenvalue weighted by Crippen LogP contribution is 2.24. The Balaban J connectivity index is 2.13. The van der Waals surface area contributed by atoms with Crippen molar-refractivity contribution in [2.24, 2.45) is 0 Å².